The molecule has 1 amide bonds. The van der Waals surface area contributed by atoms with E-state index >= 15 is 0 Å². The molecule has 9 nitrogen and oxygen atoms in total. The number of carbonyl (C=O) groups is 1. The van der Waals surface area contributed by atoms with Gasteiger partial charge in [-0.2, -0.15) is 0 Å². The number of non-ortho nitro benzene ring substituents is 1. The monoisotopic (exact) mass is 476 g/mol. The van der Waals surface area contributed by atoms with Crippen molar-refractivity contribution in [2.75, 3.05) is 5.32 Å². The van der Waals surface area contributed by atoms with Gasteiger partial charge in [0.05, 0.1) is 16.5 Å². The second-order valence-corrected chi connectivity index (χ2v) is 8.77. The number of benzene rings is 3. The second-order valence-electron chi connectivity index (χ2n) is 7.68. The van der Waals surface area contributed by atoms with Crippen molar-refractivity contribution in [3.63, 3.8) is 0 Å². The van der Waals surface area contributed by atoms with Gasteiger partial charge >= 0.3 is 0 Å². The summed E-state index contributed by atoms with van der Waals surface area (Å²) in [5, 5.41) is 26.0. The highest BCUT2D eigenvalue weighted by Gasteiger charge is 2.28. The predicted molar refractivity (Wildman–Crippen MR) is 123 cm³/mol. The molecule has 1 aromatic heterocycles. The van der Waals surface area contributed by atoms with Crippen LogP contribution in [0.15, 0.2) is 76.5 Å². The van der Waals surface area contributed by atoms with Crippen molar-refractivity contribution in [1.29, 1.82) is 0 Å². The maximum absolute atomic E-state index is 14.2. The number of halogens is 1. The Labute approximate surface area is 197 Å². The van der Waals surface area contributed by atoms with Gasteiger partial charge in [-0.05, 0) is 53.6 Å². The SMILES string of the molecule is O=C(Nc1cccc(-c2nnnn2C2CC2)c1)c1cc([N+](=O)[O-])ccc1Sc1ccccc1F. The molecule has 0 bridgehead atoms. The number of nitro benzene ring substituents is 1. The number of hydrogen-bond acceptors (Lipinski definition) is 7. The zero-order valence-electron chi connectivity index (χ0n) is 17.6. The number of anilines is 1. The van der Waals surface area contributed by atoms with Crippen molar-refractivity contribution in [1.82, 2.24) is 20.2 Å². The minimum Gasteiger partial charge on any atom is -0.322 e. The van der Waals surface area contributed by atoms with Crippen LogP contribution >= 0.6 is 11.8 Å². The molecule has 34 heavy (non-hydrogen) atoms. The molecule has 1 N–H and O–H groups in total. The maximum atomic E-state index is 14.2. The molecule has 1 fully saturated rings. The van der Waals surface area contributed by atoms with Crippen molar-refractivity contribution < 1.29 is 14.1 Å². The van der Waals surface area contributed by atoms with Crippen molar-refractivity contribution in [3.8, 4) is 11.4 Å². The van der Waals surface area contributed by atoms with E-state index in [0.717, 1.165) is 30.2 Å². The molecule has 0 saturated heterocycles. The normalized spacial score (nSPS) is 13.0. The summed E-state index contributed by atoms with van der Waals surface area (Å²) in [5.41, 5.74) is 1.03. The minimum atomic E-state index is -0.577. The predicted octanol–water partition coefficient (Wildman–Crippen LogP) is 5.13. The highest BCUT2D eigenvalue weighted by molar-refractivity contribution is 7.99. The highest BCUT2D eigenvalue weighted by atomic mass is 32.2. The van der Waals surface area contributed by atoms with Crippen molar-refractivity contribution >= 4 is 29.0 Å². The molecule has 1 saturated carbocycles. The molecule has 3 aromatic carbocycles. The van der Waals surface area contributed by atoms with Crippen LogP contribution in [0.25, 0.3) is 11.4 Å². The Balaban J connectivity index is 1.45. The molecule has 11 heteroatoms. The molecular weight excluding hydrogens is 459 g/mol. The lowest BCUT2D eigenvalue weighted by molar-refractivity contribution is -0.384. The van der Waals surface area contributed by atoms with Crippen LogP contribution in [0.5, 0.6) is 0 Å². The first-order valence-electron chi connectivity index (χ1n) is 10.4. The first-order chi connectivity index (χ1) is 16.5. The maximum Gasteiger partial charge on any atom is 0.270 e. The smallest absolute Gasteiger partial charge is 0.270 e. The number of carbonyl (C=O) groups excluding carboxylic acids is 1. The van der Waals surface area contributed by atoms with Gasteiger partial charge in [-0.25, -0.2) is 9.07 Å². The van der Waals surface area contributed by atoms with E-state index in [-0.39, 0.29) is 17.3 Å². The Morgan fingerprint density at radius 3 is 2.68 bits per heavy atom. The highest BCUT2D eigenvalue weighted by Crippen LogP contribution is 2.37. The second kappa shape index (κ2) is 9.02. The van der Waals surface area contributed by atoms with Crippen molar-refractivity contribution in [3.05, 3.63) is 88.2 Å². The van der Waals surface area contributed by atoms with Gasteiger partial charge < -0.3 is 5.32 Å². The largest absolute Gasteiger partial charge is 0.322 e. The first kappa shape index (κ1) is 21.7. The van der Waals surface area contributed by atoms with E-state index in [2.05, 4.69) is 20.8 Å². The zero-order chi connectivity index (χ0) is 23.7. The van der Waals surface area contributed by atoms with Gasteiger partial charge in [0.15, 0.2) is 5.82 Å². The molecule has 1 heterocycles. The summed E-state index contributed by atoms with van der Waals surface area (Å²) >= 11 is 1.03. The van der Waals surface area contributed by atoms with Crippen LogP contribution in [0.1, 0.15) is 29.2 Å². The van der Waals surface area contributed by atoms with Crippen LogP contribution in [0.3, 0.4) is 0 Å². The molecule has 0 spiro atoms. The Kier molecular flexibility index (Phi) is 5.76. The lowest BCUT2D eigenvalue weighted by Gasteiger charge is -2.11. The first-order valence-corrected chi connectivity index (χ1v) is 11.2. The van der Waals surface area contributed by atoms with E-state index in [1.807, 2.05) is 6.07 Å². The van der Waals surface area contributed by atoms with E-state index in [9.17, 15) is 19.3 Å². The molecule has 1 aliphatic rings. The number of amides is 1. The van der Waals surface area contributed by atoms with E-state index in [1.54, 1.807) is 41.1 Å². The quantitative estimate of drug-likeness (QED) is 0.290. The molecule has 170 valence electrons. The third-order valence-corrected chi connectivity index (χ3v) is 6.37. The Morgan fingerprint density at radius 1 is 1.09 bits per heavy atom. The van der Waals surface area contributed by atoms with Gasteiger partial charge in [0.2, 0.25) is 0 Å². The van der Waals surface area contributed by atoms with E-state index < -0.39 is 16.6 Å². The van der Waals surface area contributed by atoms with Crippen molar-refractivity contribution in [2.45, 2.75) is 28.7 Å². The number of aromatic nitrogens is 4. The van der Waals surface area contributed by atoms with Gasteiger partial charge in [-0.3, -0.25) is 14.9 Å². The molecule has 5 rings (SSSR count). The standard InChI is InChI=1S/C23H17FN6O3S/c24-19-6-1-2-7-21(19)34-20-11-10-17(30(32)33)13-18(20)23(31)25-15-5-3-4-14(12-15)22-26-27-28-29(22)16-8-9-16/h1-7,10-13,16H,8-9H2,(H,25,31). The van der Waals surface area contributed by atoms with E-state index in [1.165, 1.54) is 24.3 Å². The third-order valence-electron chi connectivity index (χ3n) is 5.24. The number of rotatable bonds is 7. The molecule has 1 aliphatic carbocycles. The Bertz CT molecular complexity index is 1400. The van der Waals surface area contributed by atoms with Crippen LogP contribution in [0, 0.1) is 15.9 Å². The summed E-state index contributed by atoms with van der Waals surface area (Å²) in [7, 11) is 0. The summed E-state index contributed by atoms with van der Waals surface area (Å²) in [5.74, 6) is -0.399. The fourth-order valence-corrected chi connectivity index (χ4v) is 4.37. The number of hydrogen-bond donors (Lipinski definition) is 1. The minimum absolute atomic E-state index is 0.0654. The van der Waals surface area contributed by atoms with Crippen LogP contribution in [0.2, 0.25) is 0 Å². The number of nitrogens with zero attached hydrogens (tertiary/aromatic N) is 5. The summed E-state index contributed by atoms with van der Waals surface area (Å²) < 4.78 is 16.0. The number of nitro groups is 1. The summed E-state index contributed by atoms with van der Waals surface area (Å²) in [6.07, 6.45) is 2.04. The molecule has 0 atom stereocenters. The summed E-state index contributed by atoms with van der Waals surface area (Å²) in [4.78, 5) is 24.6. The summed E-state index contributed by atoms with van der Waals surface area (Å²) in [6, 6.07) is 17.4. The van der Waals surface area contributed by atoms with Crippen LogP contribution < -0.4 is 5.32 Å². The third kappa shape index (κ3) is 4.50. The van der Waals surface area contributed by atoms with Gasteiger partial charge in [-0.15, -0.1) is 5.10 Å². The number of tetrazole rings is 1. The molecule has 0 aliphatic heterocycles. The van der Waals surface area contributed by atoms with Crippen LogP contribution in [0.4, 0.5) is 15.8 Å². The van der Waals surface area contributed by atoms with Crippen LogP contribution in [-0.4, -0.2) is 31.0 Å². The van der Waals surface area contributed by atoms with Gasteiger partial charge in [0.1, 0.15) is 5.82 Å². The number of nitrogens with one attached hydrogen (secondary N) is 1. The molecule has 0 unspecified atom stereocenters. The topological polar surface area (TPSA) is 116 Å². The summed E-state index contributed by atoms with van der Waals surface area (Å²) in [6.45, 7) is 0. The molecule has 4 aromatic rings. The van der Waals surface area contributed by atoms with Gasteiger partial charge in [0, 0.05) is 33.2 Å². The lowest BCUT2D eigenvalue weighted by Crippen LogP contribution is -2.13. The Hall–Kier alpha value is -4.12. The van der Waals surface area contributed by atoms with Gasteiger partial charge in [0.25, 0.3) is 11.6 Å². The fourth-order valence-electron chi connectivity index (χ4n) is 3.43. The van der Waals surface area contributed by atoms with Gasteiger partial charge in [-0.1, -0.05) is 36.0 Å². The molecular formula is C23H17FN6O3S. The average Bonchev–Trinajstić information content (AvgIpc) is 3.56. The fraction of sp³-hybridized carbons (Fsp3) is 0.130. The Morgan fingerprint density at radius 2 is 1.91 bits per heavy atom. The zero-order valence-corrected chi connectivity index (χ0v) is 18.4. The van der Waals surface area contributed by atoms with Crippen molar-refractivity contribution in [2.24, 2.45) is 0 Å². The van der Waals surface area contributed by atoms with Crippen LogP contribution in [-0.2, 0) is 0 Å². The molecule has 0 radical (unpaired) electrons. The van der Waals surface area contributed by atoms with E-state index in [0.29, 0.717) is 21.3 Å². The lowest BCUT2D eigenvalue weighted by atomic mass is 10.1. The van der Waals surface area contributed by atoms with E-state index in [4.69, 9.17) is 0 Å². The average molecular weight is 476 g/mol.